The summed E-state index contributed by atoms with van der Waals surface area (Å²) in [5.74, 6) is 2.85. The lowest BCUT2D eigenvalue weighted by Gasteiger charge is -2.19. The van der Waals surface area contributed by atoms with E-state index in [0.29, 0.717) is 0 Å². The maximum absolute atomic E-state index is 5.30. The molecule has 0 aromatic heterocycles. The van der Waals surface area contributed by atoms with E-state index in [9.17, 15) is 0 Å². The van der Waals surface area contributed by atoms with Gasteiger partial charge in [-0.3, -0.25) is 0 Å². The molecule has 0 radical (unpaired) electrons. The van der Waals surface area contributed by atoms with Crippen molar-refractivity contribution in [1.29, 1.82) is 0 Å². The second-order valence-corrected chi connectivity index (χ2v) is 5.53. The van der Waals surface area contributed by atoms with Gasteiger partial charge in [-0.25, -0.2) is 0 Å². The van der Waals surface area contributed by atoms with E-state index in [2.05, 4.69) is 30.4 Å². The van der Waals surface area contributed by atoms with Crippen LogP contribution in [0.5, 0.6) is 5.75 Å². The number of hydrogen-bond acceptors (Lipinski definition) is 2. The molecule has 2 nitrogen and oxygen atoms in total. The van der Waals surface area contributed by atoms with Crippen molar-refractivity contribution < 1.29 is 4.74 Å². The lowest BCUT2D eigenvalue weighted by atomic mass is 10.1. The highest BCUT2D eigenvalue weighted by Crippen LogP contribution is 2.46. The quantitative estimate of drug-likeness (QED) is 0.836. The molecule has 2 aliphatic rings. The molecule has 0 amide bonds. The first-order chi connectivity index (χ1) is 8.28. The third-order valence-electron chi connectivity index (χ3n) is 3.99. The van der Waals surface area contributed by atoms with E-state index in [0.717, 1.165) is 23.6 Å². The second-order valence-electron chi connectivity index (χ2n) is 5.53. The minimum atomic E-state index is 0.725. The second kappa shape index (κ2) is 4.25. The van der Waals surface area contributed by atoms with E-state index in [-0.39, 0.29) is 0 Å². The molecular formula is C15H21NO. The van der Waals surface area contributed by atoms with Crippen molar-refractivity contribution in [2.45, 2.75) is 38.6 Å². The predicted molar refractivity (Wildman–Crippen MR) is 70.6 cm³/mol. The topological polar surface area (TPSA) is 21.3 Å². The largest absolute Gasteiger partial charge is 0.496 e. The summed E-state index contributed by atoms with van der Waals surface area (Å²) in [6.45, 7) is 2.10. The molecule has 0 atom stereocenters. The van der Waals surface area contributed by atoms with E-state index in [1.54, 1.807) is 7.11 Å². The Labute approximate surface area is 103 Å². The zero-order valence-electron chi connectivity index (χ0n) is 10.7. The van der Waals surface area contributed by atoms with Crippen molar-refractivity contribution in [3.05, 3.63) is 23.8 Å². The molecule has 17 heavy (non-hydrogen) atoms. The zero-order chi connectivity index (χ0) is 11.8. The molecule has 0 unspecified atom stereocenters. The minimum Gasteiger partial charge on any atom is -0.496 e. The number of hydrogen-bond donors (Lipinski definition) is 1. The highest BCUT2D eigenvalue weighted by atomic mass is 16.5. The molecule has 0 spiro atoms. The Bertz CT molecular complexity index is 395. The summed E-state index contributed by atoms with van der Waals surface area (Å²) in [6.07, 6.45) is 5.68. The van der Waals surface area contributed by atoms with Gasteiger partial charge in [0.1, 0.15) is 5.75 Å². The van der Waals surface area contributed by atoms with E-state index < -0.39 is 0 Å². The van der Waals surface area contributed by atoms with Gasteiger partial charge in [-0.2, -0.15) is 0 Å². The van der Waals surface area contributed by atoms with Gasteiger partial charge in [0.15, 0.2) is 0 Å². The van der Waals surface area contributed by atoms with Crippen molar-refractivity contribution in [2.75, 3.05) is 12.4 Å². The van der Waals surface area contributed by atoms with Crippen molar-refractivity contribution in [2.24, 2.45) is 11.8 Å². The van der Waals surface area contributed by atoms with Gasteiger partial charge in [-0.05, 0) is 68.2 Å². The minimum absolute atomic E-state index is 0.725. The highest BCUT2D eigenvalue weighted by Gasteiger charge is 2.41. The summed E-state index contributed by atoms with van der Waals surface area (Å²) < 4.78 is 5.30. The van der Waals surface area contributed by atoms with Gasteiger partial charge in [0.05, 0.1) is 7.11 Å². The summed E-state index contributed by atoms with van der Waals surface area (Å²) in [6, 6.07) is 7.14. The number of methoxy groups -OCH3 is 1. The van der Waals surface area contributed by atoms with Crippen molar-refractivity contribution in [3.63, 3.8) is 0 Å². The molecule has 0 aliphatic heterocycles. The summed E-state index contributed by atoms with van der Waals surface area (Å²) in [4.78, 5) is 0. The van der Waals surface area contributed by atoms with Crippen LogP contribution >= 0.6 is 0 Å². The number of benzene rings is 1. The predicted octanol–water partition coefficient (Wildman–Crippen LogP) is 3.60. The Morgan fingerprint density at radius 3 is 2.29 bits per heavy atom. The van der Waals surface area contributed by atoms with E-state index in [4.69, 9.17) is 4.74 Å². The van der Waals surface area contributed by atoms with Crippen LogP contribution in [-0.2, 0) is 0 Å². The first-order valence-electron chi connectivity index (χ1n) is 6.69. The van der Waals surface area contributed by atoms with Crippen LogP contribution in [0.15, 0.2) is 18.2 Å². The maximum Gasteiger partial charge on any atom is 0.121 e. The zero-order valence-corrected chi connectivity index (χ0v) is 10.7. The molecule has 0 saturated heterocycles. The number of anilines is 1. The summed E-state index contributed by atoms with van der Waals surface area (Å²) in [5, 5.41) is 3.74. The Kier molecular flexibility index (Phi) is 2.73. The molecule has 92 valence electrons. The molecular weight excluding hydrogens is 210 g/mol. The van der Waals surface area contributed by atoms with Crippen LogP contribution in [-0.4, -0.2) is 13.2 Å². The fourth-order valence-electron chi connectivity index (χ4n) is 2.69. The average molecular weight is 231 g/mol. The standard InChI is InChI=1S/C15H21NO/c1-10-9-13(7-8-14(10)17-2)16-15(11-3-4-11)12-5-6-12/h7-9,11-12,15-16H,3-6H2,1-2H3. The smallest absolute Gasteiger partial charge is 0.121 e. The normalized spacial score (nSPS) is 19.5. The Morgan fingerprint density at radius 2 is 1.82 bits per heavy atom. The van der Waals surface area contributed by atoms with Crippen molar-refractivity contribution >= 4 is 5.69 Å². The van der Waals surface area contributed by atoms with Crippen LogP contribution in [0.25, 0.3) is 0 Å². The average Bonchev–Trinajstić information content (AvgIpc) is 3.16. The van der Waals surface area contributed by atoms with Crippen LogP contribution in [0, 0.1) is 18.8 Å². The molecule has 2 heteroatoms. The van der Waals surface area contributed by atoms with Crippen LogP contribution in [0.4, 0.5) is 5.69 Å². The number of rotatable bonds is 5. The van der Waals surface area contributed by atoms with Crippen LogP contribution < -0.4 is 10.1 Å². The summed E-state index contributed by atoms with van der Waals surface area (Å²) in [7, 11) is 1.73. The molecule has 1 aromatic rings. The fourth-order valence-corrected chi connectivity index (χ4v) is 2.69. The third kappa shape index (κ3) is 2.41. The Hall–Kier alpha value is -1.18. The van der Waals surface area contributed by atoms with Gasteiger partial charge in [0, 0.05) is 11.7 Å². The van der Waals surface area contributed by atoms with Crippen LogP contribution in [0.3, 0.4) is 0 Å². The molecule has 1 N–H and O–H groups in total. The lowest BCUT2D eigenvalue weighted by molar-refractivity contribution is 0.411. The van der Waals surface area contributed by atoms with Gasteiger partial charge in [-0.15, -0.1) is 0 Å². The molecule has 2 aliphatic carbocycles. The SMILES string of the molecule is COc1ccc(NC(C2CC2)C2CC2)cc1C. The Balaban J connectivity index is 1.72. The van der Waals surface area contributed by atoms with E-state index >= 15 is 0 Å². The molecule has 0 bridgehead atoms. The molecule has 2 saturated carbocycles. The van der Waals surface area contributed by atoms with Gasteiger partial charge in [-0.1, -0.05) is 0 Å². The summed E-state index contributed by atoms with van der Waals surface area (Å²) in [5.41, 5.74) is 2.47. The maximum atomic E-state index is 5.30. The summed E-state index contributed by atoms with van der Waals surface area (Å²) >= 11 is 0. The van der Waals surface area contributed by atoms with Crippen molar-refractivity contribution in [1.82, 2.24) is 0 Å². The molecule has 3 rings (SSSR count). The highest BCUT2D eigenvalue weighted by molar-refractivity contribution is 5.51. The lowest BCUT2D eigenvalue weighted by Crippen LogP contribution is -2.24. The van der Waals surface area contributed by atoms with Gasteiger partial charge < -0.3 is 10.1 Å². The van der Waals surface area contributed by atoms with Crippen LogP contribution in [0.2, 0.25) is 0 Å². The molecule has 2 fully saturated rings. The number of nitrogens with one attached hydrogen (secondary N) is 1. The van der Waals surface area contributed by atoms with E-state index in [1.807, 2.05) is 0 Å². The van der Waals surface area contributed by atoms with Crippen LogP contribution in [0.1, 0.15) is 31.2 Å². The van der Waals surface area contributed by atoms with E-state index in [1.165, 1.54) is 36.9 Å². The number of ether oxygens (including phenoxy) is 1. The molecule has 1 aromatic carbocycles. The number of aryl methyl sites for hydroxylation is 1. The first-order valence-corrected chi connectivity index (χ1v) is 6.69. The monoisotopic (exact) mass is 231 g/mol. The molecule has 0 heterocycles. The third-order valence-corrected chi connectivity index (χ3v) is 3.99. The van der Waals surface area contributed by atoms with Gasteiger partial charge >= 0.3 is 0 Å². The first kappa shape index (κ1) is 10.9. The Morgan fingerprint density at radius 1 is 1.18 bits per heavy atom. The van der Waals surface area contributed by atoms with Gasteiger partial charge in [0.2, 0.25) is 0 Å². The van der Waals surface area contributed by atoms with Gasteiger partial charge in [0.25, 0.3) is 0 Å². The van der Waals surface area contributed by atoms with Crippen molar-refractivity contribution in [3.8, 4) is 5.75 Å². The fraction of sp³-hybridized carbons (Fsp3) is 0.600.